The van der Waals surface area contributed by atoms with Crippen LogP contribution in [0.2, 0.25) is 5.02 Å². The van der Waals surface area contributed by atoms with Gasteiger partial charge in [-0.25, -0.2) is 5.43 Å². The van der Waals surface area contributed by atoms with Crippen LogP contribution in [0.3, 0.4) is 0 Å². The van der Waals surface area contributed by atoms with Crippen molar-refractivity contribution in [2.45, 2.75) is 6.42 Å². The van der Waals surface area contributed by atoms with Crippen LogP contribution in [0.4, 0.5) is 0 Å². The number of rotatable bonds is 4. The number of carbonyl (C=O) groups excluding carboxylic acids is 1. The predicted octanol–water partition coefficient (Wildman–Crippen LogP) is 2.44. The standard InChI is InChI=1S/C15H13ClN2O3/c16-13-7-11(3-6-14(13)20)9-17-18-15(21)8-10-1-4-12(19)5-2-10/h1-7,9,19-20H,8H2,(H,18,21)/b17-9-. The van der Waals surface area contributed by atoms with Gasteiger partial charge in [0.15, 0.2) is 0 Å². The highest BCUT2D eigenvalue weighted by molar-refractivity contribution is 6.32. The zero-order valence-electron chi connectivity index (χ0n) is 11.0. The molecule has 0 unspecified atom stereocenters. The van der Waals surface area contributed by atoms with E-state index in [1.165, 1.54) is 30.5 Å². The number of carbonyl (C=O) groups is 1. The normalized spacial score (nSPS) is 10.7. The number of amides is 1. The molecule has 2 aromatic carbocycles. The van der Waals surface area contributed by atoms with Gasteiger partial charge < -0.3 is 10.2 Å². The monoisotopic (exact) mass is 304 g/mol. The van der Waals surface area contributed by atoms with Crippen molar-refractivity contribution in [1.82, 2.24) is 5.43 Å². The molecule has 6 heteroatoms. The van der Waals surface area contributed by atoms with Crippen LogP contribution in [0.1, 0.15) is 11.1 Å². The SMILES string of the molecule is O=C(Cc1ccc(O)cc1)N/N=C\c1ccc(O)c(Cl)c1. The van der Waals surface area contributed by atoms with Crippen molar-refractivity contribution in [3.05, 3.63) is 58.6 Å². The van der Waals surface area contributed by atoms with Crippen molar-refractivity contribution in [1.29, 1.82) is 0 Å². The fourth-order valence-corrected chi connectivity index (χ4v) is 1.81. The number of halogens is 1. The molecule has 21 heavy (non-hydrogen) atoms. The fraction of sp³-hybridized carbons (Fsp3) is 0.0667. The van der Waals surface area contributed by atoms with Gasteiger partial charge in [0.1, 0.15) is 11.5 Å². The maximum Gasteiger partial charge on any atom is 0.244 e. The van der Waals surface area contributed by atoms with Crippen LogP contribution in [0.15, 0.2) is 47.6 Å². The van der Waals surface area contributed by atoms with E-state index in [1.54, 1.807) is 18.2 Å². The van der Waals surface area contributed by atoms with Crippen molar-refractivity contribution < 1.29 is 15.0 Å². The second-order valence-electron chi connectivity index (χ2n) is 4.35. The van der Waals surface area contributed by atoms with E-state index < -0.39 is 0 Å². The molecule has 0 aliphatic rings. The number of benzene rings is 2. The molecule has 0 bridgehead atoms. The molecule has 3 N–H and O–H groups in total. The first-order chi connectivity index (χ1) is 10.0. The van der Waals surface area contributed by atoms with E-state index in [4.69, 9.17) is 16.7 Å². The van der Waals surface area contributed by atoms with E-state index >= 15 is 0 Å². The lowest BCUT2D eigenvalue weighted by Crippen LogP contribution is -2.19. The number of phenolic OH excluding ortho intramolecular Hbond substituents is 2. The van der Waals surface area contributed by atoms with Crippen LogP contribution in [0, 0.1) is 0 Å². The molecule has 5 nitrogen and oxygen atoms in total. The highest BCUT2D eigenvalue weighted by Gasteiger charge is 2.02. The molecule has 0 aromatic heterocycles. The summed E-state index contributed by atoms with van der Waals surface area (Å²) in [5, 5.41) is 22.5. The molecule has 0 aliphatic carbocycles. The van der Waals surface area contributed by atoms with Gasteiger partial charge >= 0.3 is 0 Å². The molecule has 2 aromatic rings. The van der Waals surface area contributed by atoms with Gasteiger partial charge in [-0.15, -0.1) is 0 Å². The summed E-state index contributed by atoms with van der Waals surface area (Å²) in [6.45, 7) is 0. The summed E-state index contributed by atoms with van der Waals surface area (Å²) < 4.78 is 0. The van der Waals surface area contributed by atoms with Crippen molar-refractivity contribution in [2.24, 2.45) is 5.10 Å². The van der Waals surface area contributed by atoms with E-state index in [0.717, 1.165) is 5.56 Å². The van der Waals surface area contributed by atoms with E-state index in [2.05, 4.69) is 10.5 Å². The van der Waals surface area contributed by atoms with Crippen LogP contribution in [0.25, 0.3) is 0 Å². The third kappa shape index (κ3) is 4.50. The highest BCUT2D eigenvalue weighted by Crippen LogP contribution is 2.22. The molecule has 0 aliphatic heterocycles. The van der Waals surface area contributed by atoms with Crippen LogP contribution < -0.4 is 5.43 Å². The molecule has 0 fully saturated rings. The van der Waals surface area contributed by atoms with Gasteiger partial charge in [-0.1, -0.05) is 23.7 Å². The third-order valence-electron chi connectivity index (χ3n) is 2.68. The Morgan fingerprint density at radius 2 is 1.90 bits per heavy atom. The van der Waals surface area contributed by atoms with Gasteiger partial charge in [0.2, 0.25) is 5.91 Å². The number of hydrogen-bond donors (Lipinski definition) is 3. The molecule has 0 atom stereocenters. The summed E-state index contributed by atoms with van der Waals surface area (Å²) in [4.78, 5) is 11.7. The Morgan fingerprint density at radius 1 is 1.19 bits per heavy atom. The van der Waals surface area contributed by atoms with E-state index in [9.17, 15) is 9.90 Å². The van der Waals surface area contributed by atoms with Crippen molar-refractivity contribution in [3.63, 3.8) is 0 Å². The quantitative estimate of drug-likeness (QED) is 0.599. The Bertz CT molecular complexity index is 669. The largest absolute Gasteiger partial charge is 0.508 e. The molecular weight excluding hydrogens is 292 g/mol. The van der Waals surface area contributed by atoms with Gasteiger partial charge in [-0.05, 0) is 41.5 Å². The minimum Gasteiger partial charge on any atom is -0.508 e. The molecule has 0 saturated carbocycles. The maximum atomic E-state index is 11.7. The maximum absolute atomic E-state index is 11.7. The highest BCUT2D eigenvalue weighted by atomic mass is 35.5. The number of hydrazone groups is 1. The number of phenols is 2. The van der Waals surface area contributed by atoms with Crippen LogP contribution >= 0.6 is 11.6 Å². The van der Waals surface area contributed by atoms with Crippen LogP contribution in [-0.4, -0.2) is 22.3 Å². The second-order valence-corrected chi connectivity index (χ2v) is 4.75. The first-order valence-electron chi connectivity index (χ1n) is 6.13. The molecule has 0 spiro atoms. The fourth-order valence-electron chi connectivity index (χ4n) is 1.62. The summed E-state index contributed by atoms with van der Waals surface area (Å²) in [5.41, 5.74) is 3.82. The summed E-state index contributed by atoms with van der Waals surface area (Å²) in [7, 11) is 0. The molecule has 0 saturated heterocycles. The molecule has 1 amide bonds. The summed E-state index contributed by atoms with van der Waals surface area (Å²) in [6.07, 6.45) is 1.59. The van der Waals surface area contributed by atoms with Gasteiger partial charge in [-0.2, -0.15) is 5.10 Å². The van der Waals surface area contributed by atoms with E-state index in [-0.39, 0.29) is 28.8 Å². The molecular formula is C15H13ClN2O3. The van der Waals surface area contributed by atoms with Crippen LogP contribution in [-0.2, 0) is 11.2 Å². The first-order valence-corrected chi connectivity index (χ1v) is 6.51. The first kappa shape index (κ1) is 14.9. The van der Waals surface area contributed by atoms with Gasteiger partial charge in [0.05, 0.1) is 17.7 Å². The van der Waals surface area contributed by atoms with Crippen molar-refractivity contribution in [3.8, 4) is 11.5 Å². The number of nitrogens with zero attached hydrogens (tertiary/aromatic N) is 1. The average molecular weight is 305 g/mol. The number of aromatic hydroxyl groups is 2. The van der Waals surface area contributed by atoms with E-state index in [0.29, 0.717) is 5.56 Å². The molecule has 108 valence electrons. The lowest BCUT2D eigenvalue weighted by atomic mass is 10.1. The van der Waals surface area contributed by atoms with Gasteiger partial charge in [-0.3, -0.25) is 4.79 Å². The lowest BCUT2D eigenvalue weighted by molar-refractivity contribution is -0.120. The Balaban J connectivity index is 1.89. The topological polar surface area (TPSA) is 81.9 Å². The van der Waals surface area contributed by atoms with Crippen LogP contribution in [0.5, 0.6) is 11.5 Å². The van der Waals surface area contributed by atoms with E-state index in [1.807, 2.05) is 0 Å². The minimum absolute atomic E-state index is 0.00909. The molecule has 2 rings (SSSR count). The Hall–Kier alpha value is -2.53. The number of nitrogens with one attached hydrogen (secondary N) is 1. The number of hydrogen-bond acceptors (Lipinski definition) is 4. The minimum atomic E-state index is -0.276. The van der Waals surface area contributed by atoms with Gasteiger partial charge in [0.25, 0.3) is 0 Å². The summed E-state index contributed by atoms with van der Waals surface area (Å²) in [5.74, 6) is -0.131. The Morgan fingerprint density at radius 3 is 2.57 bits per heavy atom. The smallest absolute Gasteiger partial charge is 0.244 e. The van der Waals surface area contributed by atoms with Gasteiger partial charge in [0, 0.05) is 0 Å². The lowest BCUT2D eigenvalue weighted by Gasteiger charge is -2.01. The Kier molecular flexibility index (Phi) is 4.79. The second kappa shape index (κ2) is 6.76. The zero-order chi connectivity index (χ0) is 15.2. The Labute approximate surface area is 126 Å². The summed E-state index contributed by atoms with van der Waals surface area (Å²) >= 11 is 5.76. The zero-order valence-corrected chi connectivity index (χ0v) is 11.7. The molecule has 0 heterocycles. The summed E-state index contributed by atoms with van der Waals surface area (Å²) in [6, 6.07) is 11.0. The van der Waals surface area contributed by atoms with Crippen molar-refractivity contribution in [2.75, 3.05) is 0 Å². The molecule has 0 radical (unpaired) electrons. The predicted molar refractivity (Wildman–Crippen MR) is 80.7 cm³/mol. The average Bonchev–Trinajstić information content (AvgIpc) is 2.45. The van der Waals surface area contributed by atoms with Crippen molar-refractivity contribution >= 4 is 23.7 Å². The third-order valence-corrected chi connectivity index (χ3v) is 2.98.